The number of primary amides is 1. The van der Waals surface area contributed by atoms with Crippen LogP contribution in [0.1, 0.15) is 12.5 Å². The first-order chi connectivity index (χ1) is 9.06. The normalized spacial score (nSPS) is 12.9. The number of hydrogen-bond acceptors (Lipinski definition) is 6. The molecule has 0 saturated heterocycles. The van der Waals surface area contributed by atoms with Crippen LogP contribution in [0, 0.1) is 17.0 Å². The van der Waals surface area contributed by atoms with E-state index in [4.69, 9.17) is 11.5 Å². The van der Waals surface area contributed by atoms with Crippen LogP contribution in [0.5, 0.6) is 0 Å². The van der Waals surface area contributed by atoms with Gasteiger partial charge in [-0.1, -0.05) is 0 Å². The van der Waals surface area contributed by atoms with Crippen molar-refractivity contribution in [3.05, 3.63) is 27.8 Å². The van der Waals surface area contributed by atoms with Crippen molar-refractivity contribution >= 4 is 27.3 Å². The number of nitro benzene ring substituents is 1. The number of anilines is 1. The lowest BCUT2D eigenvalue weighted by Gasteiger charge is -2.13. The number of nitrogens with two attached hydrogens (primary N) is 2. The number of nitro groups is 1. The highest BCUT2D eigenvalue weighted by molar-refractivity contribution is 7.89. The molecule has 0 radical (unpaired) electrons. The smallest absolute Gasteiger partial charge is 0.293 e. The molecule has 5 N–H and O–H groups in total. The summed E-state index contributed by atoms with van der Waals surface area (Å²) in [5, 5.41) is 10.8. The minimum atomic E-state index is -4.12. The van der Waals surface area contributed by atoms with Crippen LogP contribution in [-0.4, -0.2) is 25.3 Å². The van der Waals surface area contributed by atoms with E-state index in [1.807, 2.05) is 4.72 Å². The van der Waals surface area contributed by atoms with E-state index in [1.165, 1.54) is 19.9 Å². The molecular weight excluding hydrogens is 288 g/mol. The quantitative estimate of drug-likeness (QED) is 0.382. The monoisotopic (exact) mass is 302 g/mol. The molecule has 0 aliphatic carbocycles. The van der Waals surface area contributed by atoms with Crippen molar-refractivity contribution in [1.82, 2.24) is 4.72 Å². The van der Waals surface area contributed by atoms with Gasteiger partial charge in [0.25, 0.3) is 5.69 Å². The van der Waals surface area contributed by atoms with Gasteiger partial charge in [0.1, 0.15) is 5.69 Å². The van der Waals surface area contributed by atoms with Crippen molar-refractivity contribution in [2.75, 3.05) is 5.73 Å². The Labute approximate surface area is 115 Å². The number of aryl methyl sites for hydroxylation is 1. The maximum absolute atomic E-state index is 12.1. The molecule has 1 rings (SSSR count). The molecule has 110 valence electrons. The Hall–Kier alpha value is -2.20. The first kappa shape index (κ1) is 15.9. The van der Waals surface area contributed by atoms with Crippen molar-refractivity contribution < 1.29 is 18.1 Å². The number of nitrogens with zero attached hydrogens (tertiary/aromatic N) is 1. The van der Waals surface area contributed by atoms with Crippen molar-refractivity contribution in [2.45, 2.75) is 24.8 Å². The molecule has 1 unspecified atom stereocenters. The second-order valence-corrected chi connectivity index (χ2v) is 5.86. The fraction of sp³-hybridized carbons (Fsp3) is 0.300. The number of carbonyl (C=O) groups is 1. The molecule has 10 heteroatoms. The zero-order chi connectivity index (χ0) is 15.7. The second-order valence-electron chi connectivity index (χ2n) is 4.18. The van der Waals surface area contributed by atoms with E-state index < -0.39 is 32.6 Å². The van der Waals surface area contributed by atoms with Gasteiger partial charge in [0.05, 0.1) is 15.9 Å². The van der Waals surface area contributed by atoms with E-state index in [0.717, 1.165) is 6.07 Å². The van der Waals surface area contributed by atoms with Crippen molar-refractivity contribution in [3.8, 4) is 0 Å². The molecule has 9 nitrogen and oxygen atoms in total. The summed E-state index contributed by atoms with van der Waals surface area (Å²) in [5.41, 5.74) is 9.97. The molecule has 0 aliphatic rings. The molecular formula is C10H14N4O5S. The Morgan fingerprint density at radius 2 is 2.00 bits per heavy atom. The minimum Gasteiger partial charge on any atom is -0.393 e. The fourth-order valence-electron chi connectivity index (χ4n) is 1.50. The summed E-state index contributed by atoms with van der Waals surface area (Å²) in [4.78, 5) is 20.6. The fourth-order valence-corrected chi connectivity index (χ4v) is 2.96. The lowest BCUT2D eigenvalue weighted by atomic mass is 10.2. The SMILES string of the molecule is Cc1cc(N)c([N+](=O)[O-])cc1S(=O)(=O)NC(C)C(N)=O. The van der Waals surface area contributed by atoms with Gasteiger partial charge in [0, 0.05) is 6.07 Å². The zero-order valence-electron chi connectivity index (χ0n) is 10.8. The van der Waals surface area contributed by atoms with Gasteiger partial charge < -0.3 is 11.5 Å². The minimum absolute atomic E-state index is 0.144. The number of sulfonamides is 1. The molecule has 0 spiro atoms. The van der Waals surface area contributed by atoms with Crippen LogP contribution >= 0.6 is 0 Å². The Bertz CT molecular complexity index is 670. The number of carbonyl (C=O) groups excluding carboxylic acids is 1. The van der Waals surface area contributed by atoms with Crippen LogP contribution < -0.4 is 16.2 Å². The van der Waals surface area contributed by atoms with E-state index in [-0.39, 0.29) is 16.1 Å². The number of benzene rings is 1. The first-order valence-corrected chi connectivity index (χ1v) is 6.90. The summed E-state index contributed by atoms with van der Waals surface area (Å²) >= 11 is 0. The molecule has 0 fully saturated rings. The summed E-state index contributed by atoms with van der Waals surface area (Å²) in [6, 6.07) is 0.888. The largest absolute Gasteiger partial charge is 0.393 e. The van der Waals surface area contributed by atoms with E-state index in [9.17, 15) is 23.3 Å². The highest BCUT2D eigenvalue weighted by Gasteiger charge is 2.25. The van der Waals surface area contributed by atoms with Crippen LogP contribution in [0.3, 0.4) is 0 Å². The molecule has 20 heavy (non-hydrogen) atoms. The number of nitrogens with one attached hydrogen (secondary N) is 1. The van der Waals surface area contributed by atoms with Crippen molar-refractivity contribution in [3.63, 3.8) is 0 Å². The summed E-state index contributed by atoms with van der Waals surface area (Å²) in [5.74, 6) is -0.865. The molecule has 0 saturated carbocycles. The van der Waals surface area contributed by atoms with Gasteiger partial charge in [-0.3, -0.25) is 14.9 Å². The van der Waals surface area contributed by atoms with Crippen LogP contribution in [0.25, 0.3) is 0 Å². The lowest BCUT2D eigenvalue weighted by molar-refractivity contribution is -0.384. The third kappa shape index (κ3) is 3.22. The predicted octanol–water partition coefficient (Wildman–Crippen LogP) is -0.362. The molecule has 0 heterocycles. The van der Waals surface area contributed by atoms with E-state index >= 15 is 0 Å². The van der Waals surface area contributed by atoms with Gasteiger partial charge >= 0.3 is 0 Å². The van der Waals surface area contributed by atoms with Gasteiger partial charge in [-0.15, -0.1) is 0 Å². The Kier molecular flexibility index (Phi) is 4.30. The third-order valence-electron chi connectivity index (χ3n) is 2.57. The highest BCUT2D eigenvalue weighted by atomic mass is 32.2. The molecule has 0 bridgehead atoms. The van der Waals surface area contributed by atoms with E-state index in [0.29, 0.717) is 0 Å². The maximum atomic E-state index is 12.1. The predicted molar refractivity (Wildman–Crippen MR) is 71.2 cm³/mol. The topological polar surface area (TPSA) is 158 Å². The van der Waals surface area contributed by atoms with Gasteiger partial charge in [-0.05, 0) is 25.5 Å². The van der Waals surface area contributed by atoms with Crippen LogP contribution in [0.15, 0.2) is 17.0 Å². The highest BCUT2D eigenvalue weighted by Crippen LogP contribution is 2.28. The van der Waals surface area contributed by atoms with Crippen molar-refractivity contribution in [1.29, 1.82) is 0 Å². The molecule has 1 amide bonds. The van der Waals surface area contributed by atoms with Gasteiger partial charge in [0.15, 0.2) is 0 Å². The molecule has 0 aromatic heterocycles. The zero-order valence-corrected chi connectivity index (χ0v) is 11.6. The van der Waals surface area contributed by atoms with Gasteiger partial charge in [0.2, 0.25) is 15.9 Å². The van der Waals surface area contributed by atoms with Crippen LogP contribution in [0.2, 0.25) is 0 Å². The standard InChI is InChI=1S/C10H14N4O5S/c1-5-3-7(11)8(14(16)17)4-9(5)20(18,19)13-6(2)10(12)15/h3-4,6,13H,11H2,1-2H3,(H2,12,15). The number of hydrogen-bond donors (Lipinski definition) is 3. The Morgan fingerprint density at radius 3 is 2.45 bits per heavy atom. The third-order valence-corrected chi connectivity index (χ3v) is 4.25. The van der Waals surface area contributed by atoms with Crippen molar-refractivity contribution in [2.24, 2.45) is 5.73 Å². The summed E-state index contributed by atoms with van der Waals surface area (Å²) in [7, 11) is -4.12. The van der Waals surface area contributed by atoms with Crippen LogP contribution in [-0.2, 0) is 14.8 Å². The summed E-state index contributed by atoms with van der Waals surface area (Å²) < 4.78 is 26.2. The number of nitrogen functional groups attached to an aromatic ring is 1. The Balaban J connectivity index is 3.35. The average molecular weight is 302 g/mol. The number of rotatable bonds is 5. The maximum Gasteiger partial charge on any atom is 0.293 e. The second kappa shape index (κ2) is 5.43. The Morgan fingerprint density at radius 1 is 1.45 bits per heavy atom. The molecule has 1 aromatic carbocycles. The van der Waals surface area contributed by atoms with Gasteiger partial charge in [-0.25, -0.2) is 8.42 Å². The average Bonchev–Trinajstić information content (AvgIpc) is 2.26. The summed E-state index contributed by atoms with van der Waals surface area (Å²) in [6.45, 7) is 2.70. The van der Waals surface area contributed by atoms with E-state index in [1.54, 1.807) is 0 Å². The first-order valence-electron chi connectivity index (χ1n) is 5.42. The van der Waals surface area contributed by atoms with Gasteiger partial charge in [-0.2, -0.15) is 4.72 Å². The number of amides is 1. The molecule has 0 aliphatic heterocycles. The lowest BCUT2D eigenvalue weighted by Crippen LogP contribution is -2.42. The molecule has 1 aromatic rings. The molecule has 1 atom stereocenters. The van der Waals surface area contributed by atoms with Crippen LogP contribution in [0.4, 0.5) is 11.4 Å². The van der Waals surface area contributed by atoms with E-state index in [2.05, 4.69) is 0 Å². The summed E-state index contributed by atoms with van der Waals surface area (Å²) in [6.07, 6.45) is 0.